The third-order valence-electron chi connectivity index (χ3n) is 3.16. The second kappa shape index (κ2) is 6.62. The van der Waals surface area contributed by atoms with Crippen molar-refractivity contribution in [3.8, 4) is 23.1 Å². The molecule has 116 valence electrons. The van der Waals surface area contributed by atoms with Crippen LogP contribution in [0.5, 0.6) is 5.75 Å². The first-order valence-corrected chi connectivity index (χ1v) is 7.04. The molecule has 0 bridgehead atoms. The highest BCUT2D eigenvalue weighted by Gasteiger charge is 2.13. The number of aromatic nitrogens is 2. The van der Waals surface area contributed by atoms with Crippen LogP contribution < -0.4 is 0 Å². The van der Waals surface area contributed by atoms with Gasteiger partial charge in [-0.15, -0.1) is 0 Å². The van der Waals surface area contributed by atoms with E-state index < -0.39 is 5.97 Å². The number of benzene rings is 1. The zero-order valence-electron chi connectivity index (χ0n) is 12.7. The van der Waals surface area contributed by atoms with Gasteiger partial charge in [-0.2, -0.15) is 5.26 Å². The summed E-state index contributed by atoms with van der Waals surface area (Å²) in [4.78, 5) is 15.1. The summed E-state index contributed by atoms with van der Waals surface area (Å²) in [6.07, 6.45) is 3.33. The second-order valence-electron chi connectivity index (χ2n) is 4.43. The van der Waals surface area contributed by atoms with Gasteiger partial charge in [0.1, 0.15) is 17.0 Å². The molecule has 2 aromatic heterocycles. The summed E-state index contributed by atoms with van der Waals surface area (Å²) in [5.41, 5.74) is 2.11. The number of carboxylic acids is 1. The van der Waals surface area contributed by atoms with Gasteiger partial charge in [-0.3, -0.25) is 4.40 Å². The fraction of sp³-hybridized carbons (Fsp3) is 0.118. The smallest absolute Gasteiger partial charge is 0.339 e. The lowest BCUT2D eigenvalue weighted by Crippen LogP contribution is -1.98. The molecule has 0 unspecified atom stereocenters. The first-order chi connectivity index (χ1) is 11.1. The molecule has 0 amide bonds. The van der Waals surface area contributed by atoms with Gasteiger partial charge < -0.3 is 10.2 Å². The minimum atomic E-state index is -1.20. The number of carbonyl (C=O) groups is 1. The Hall–Kier alpha value is -3.33. The van der Waals surface area contributed by atoms with Gasteiger partial charge >= 0.3 is 5.97 Å². The van der Waals surface area contributed by atoms with Crippen molar-refractivity contribution in [2.75, 3.05) is 0 Å². The Kier molecular flexibility index (Phi) is 4.62. The molecule has 0 radical (unpaired) electrons. The van der Waals surface area contributed by atoms with Gasteiger partial charge in [0.15, 0.2) is 0 Å². The summed E-state index contributed by atoms with van der Waals surface area (Å²) in [6.45, 7) is 4.00. The molecule has 0 aliphatic heterocycles. The predicted octanol–water partition coefficient (Wildman–Crippen LogP) is 3.30. The van der Waals surface area contributed by atoms with Crippen LogP contribution in [0.4, 0.5) is 0 Å². The van der Waals surface area contributed by atoms with E-state index in [1.165, 1.54) is 12.1 Å². The number of nitriles is 1. The zero-order chi connectivity index (χ0) is 17.0. The number of nitrogens with zero attached hydrogens (tertiary/aromatic N) is 3. The van der Waals surface area contributed by atoms with Gasteiger partial charge in [-0.25, -0.2) is 9.78 Å². The van der Waals surface area contributed by atoms with Crippen molar-refractivity contribution in [2.45, 2.75) is 13.8 Å². The van der Waals surface area contributed by atoms with Crippen LogP contribution in [0.15, 0.2) is 42.7 Å². The quantitative estimate of drug-likeness (QED) is 0.756. The second-order valence-corrected chi connectivity index (χ2v) is 4.43. The van der Waals surface area contributed by atoms with Crippen LogP contribution in [0.2, 0.25) is 0 Å². The first kappa shape index (κ1) is 16.0. The zero-order valence-corrected chi connectivity index (χ0v) is 12.7. The molecular weight excluding hydrogens is 294 g/mol. The standard InChI is InChI=1S/C15H9N3O3.C2H6/c16-8-9-5-12(18-4-3-17-14(18)6-9)10-1-2-11(15(20)21)13(19)7-10;1-2/h1-7,19H,(H,20,21);1-2H3. The monoisotopic (exact) mass is 309 g/mol. The maximum atomic E-state index is 10.9. The van der Waals surface area contributed by atoms with E-state index in [-0.39, 0.29) is 11.3 Å². The van der Waals surface area contributed by atoms with E-state index >= 15 is 0 Å². The predicted molar refractivity (Wildman–Crippen MR) is 85.3 cm³/mol. The summed E-state index contributed by atoms with van der Waals surface area (Å²) < 4.78 is 1.76. The Balaban J connectivity index is 0.000000924. The van der Waals surface area contributed by atoms with Crippen molar-refractivity contribution >= 4 is 11.6 Å². The largest absolute Gasteiger partial charge is 0.507 e. The van der Waals surface area contributed by atoms with E-state index in [9.17, 15) is 9.90 Å². The van der Waals surface area contributed by atoms with E-state index in [1.807, 2.05) is 13.8 Å². The number of aromatic hydroxyl groups is 1. The Morgan fingerprint density at radius 1 is 1.26 bits per heavy atom. The average Bonchev–Trinajstić information content (AvgIpc) is 3.03. The Morgan fingerprint density at radius 2 is 2.00 bits per heavy atom. The van der Waals surface area contributed by atoms with Gasteiger partial charge in [0.2, 0.25) is 0 Å². The Morgan fingerprint density at radius 3 is 2.61 bits per heavy atom. The summed E-state index contributed by atoms with van der Waals surface area (Å²) >= 11 is 0. The minimum absolute atomic E-state index is 0.169. The molecule has 0 spiro atoms. The molecule has 0 saturated heterocycles. The summed E-state index contributed by atoms with van der Waals surface area (Å²) in [5, 5.41) is 27.8. The van der Waals surface area contributed by atoms with Gasteiger partial charge in [0.05, 0.1) is 17.3 Å². The number of hydrogen-bond donors (Lipinski definition) is 2. The molecule has 0 fully saturated rings. The third-order valence-corrected chi connectivity index (χ3v) is 3.16. The summed E-state index contributed by atoms with van der Waals surface area (Å²) in [5.74, 6) is -1.52. The lowest BCUT2D eigenvalue weighted by molar-refractivity contribution is 0.0694. The summed E-state index contributed by atoms with van der Waals surface area (Å²) in [6, 6.07) is 9.63. The molecule has 6 heteroatoms. The molecule has 3 rings (SSSR count). The van der Waals surface area contributed by atoms with Crippen LogP contribution in [0.25, 0.3) is 16.9 Å². The number of fused-ring (bicyclic) bond motifs is 1. The lowest BCUT2D eigenvalue weighted by Gasteiger charge is -2.08. The molecule has 23 heavy (non-hydrogen) atoms. The van der Waals surface area contributed by atoms with Gasteiger partial charge in [0, 0.05) is 18.0 Å². The number of pyridine rings is 1. The minimum Gasteiger partial charge on any atom is -0.507 e. The highest BCUT2D eigenvalue weighted by Crippen LogP contribution is 2.28. The van der Waals surface area contributed by atoms with Crippen molar-refractivity contribution < 1.29 is 15.0 Å². The molecule has 2 N–H and O–H groups in total. The van der Waals surface area contributed by atoms with E-state index in [2.05, 4.69) is 11.1 Å². The number of phenols is 1. The Bertz CT molecular complexity index is 907. The van der Waals surface area contributed by atoms with Crippen LogP contribution >= 0.6 is 0 Å². The van der Waals surface area contributed by atoms with Crippen LogP contribution in [-0.2, 0) is 0 Å². The highest BCUT2D eigenvalue weighted by molar-refractivity contribution is 5.91. The fourth-order valence-electron chi connectivity index (χ4n) is 2.18. The van der Waals surface area contributed by atoms with E-state index in [1.54, 1.807) is 35.0 Å². The number of rotatable bonds is 2. The van der Waals surface area contributed by atoms with E-state index in [0.29, 0.717) is 22.5 Å². The number of aromatic carboxylic acids is 1. The van der Waals surface area contributed by atoms with Crippen molar-refractivity contribution in [3.05, 3.63) is 53.9 Å². The van der Waals surface area contributed by atoms with Gasteiger partial charge in [-0.1, -0.05) is 19.9 Å². The third kappa shape index (κ3) is 2.99. The lowest BCUT2D eigenvalue weighted by atomic mass is 10.1. The molecule has 0 atom stereocenters. The highest BCUT2D eigenvalue weighted by atomic mass is 16.4. The van der Waals surface area contributed by atoms with Crippen LogP contribution in [0, 0.1) is 11.3 Å². The van der Waals surface area contributed by atoms with Gasteiger partial charge in [-0.05, 0) is 24.3 Å². The van der Waals surface area contributed by atoms with Crippen molar-refractivity contribution in [1.82, 2.24) is 9.38 Å². The summed E-state index contributed by atoms with van der Waals surface area (Å²) in [7, 11) is 0. The van der Waals surface area contributed by atoms with Crippen molar-refractivity contribution in [2.24, 2.45) is 0 Å². The molecule has 0 aliphatic rings. The topological polar surface area (TPSA) is 98.6 Å². The molecule has 0 aliphatic carbocycles. The van der Waals surface area contributed by atoms with Crippen molar-refractivity contribution in [1.29, 1.82) is 5.26 Å². The maximum absolute atomic E-state index is 10.9. The Labute approximate surface area is 132 Å². The van der Waals surface area contributed by atoms with Crippen LogP contribution in [0.3, 0.4) is 0 Å². The van der Waals surface area contributed by atoms with E-state index in [0.717, 1.165) is 0 Å². The average molecular weight is 309 g/mol. The fourth-order valence-corrected chi connectivity index (χ4v) is 2.18. The molecule has 2 heterocycles. The van der Waals surface area contributed by atoms with Crippen LogP contribution in [0.1, 0.15) is 29.8 Å². The van der Waals surface area contributed by atoms with Gasteiger partial charge in [0.25, 0.3) is 0 Å². The molecule has 1 aromatic carbocycles. The normalized spacial score (nSPS) is 9.78. The molecule has 6 nitrogen and oxygen atoms in total. The SMILES string of the molecule is CC.N#Cc1cc(-c2ccc(C(=O)O)c(O)c2)n2ccnc2c1. The molecule has 3 aromatic rings. The molecular formula is C17H15N3O3. The number of carboxylic acid groups (broad SMARTS) is 1. The maximum Gasteiger partial charge on any atom is 0.339 e. The number of hydrogen-bond acceptors (Lipinski definition) is 4. The van der Waals surface area contributed by atoms with Crippen molar-refractivity contribution in [3.63, 3.8) is 0 Å². The number of imidazole rings is 1. The molecule has 0 saturated carbocycles. The van der Waals surface area contributed by atoms with E-state index in [4.69, 9.17) is 10.4 Å². The first-order valence-electron chi connectivity index (χ1n) is 7.04. The van der Waals surface area contributed by atoms with Crippen LogP contribution in [-0.4, -0.2) is 25.6 Å².